The van der Waals surface area contributed by atoms with Gasteiger partial charge in [-0.05, 0) is 36.4 Å². The van der Waals surface area contributed by atoms with Gasteiger partial charge in [-0.15, -0.1) is 0 Å². The summed E-state index contributed by atoms with van der Waals surface area (Å²) < 4.78 is 65.0. The average molecular weight is 352 g/mol. The van der Waals surface area contributed by atoms with E-state index in [4.69, 9.17) is 0 Å². The summed E-state index contributed by atoms with van der Waals surface area (Å²) in [6, 6.07) is 10.1. The number of halogens is 3. The molecular weight excluding hydrogens is 341 g/mol. The first-order valence-corrected chi connectivity index (χ1v) is 8.28. The Kier molecular flexibility index (Phi) is 3.92. The van der Waals surface area contributed by atoms with Crippen molar-refractivity contribution in [3.8, 4) is 0 Å². The normalized spacial score (nSPS) is 12.3. The number of nitrogens with zero attached hydrogens (tertiary/aromatic N) is 1. The third-order valence-corrected chi connectivity index (χ3v) is 4.83. The molecule has 0 atom stereocenters. The monoisotopic (exact) mass is 352 g/mol. The van der Waals surface area contributed by atoms with E-state index in [1.807, 2.05) is 0 Å². The molecule has 0 saturated heterocycles. The zero-order valence-electron chi connectivity index (χ0n) is 12.1. The molecule has 0 aliphatic rings. The standard InChI is InChI=1S/C16H11F3N2O2S/c17-16(18,19)12-4-6-13(7-5-12)21-24(22,23)15-3-1-2-11-10-20-9-8-14(11)15/h1-10,21H. The number of pyridine rings is 1. The SMILES string of the molecule is O=S(=O)(Nc1ccc(C(F)(F)F)cc1)c1cccc2cnccc12. The Morgan fingerprint density at radius 1 is 0.958 bits per heavy atom. The third kappa shape index (κ3) is 3.18. The van der Waals surface area contributed by atoms with Crippen LogP contribution < -0.4 is 4.72 Å². The molecule has 2 aromatic carbocycles. The molecule has 0 aliphatic heterocycles. The van der Waals surface area contributed by atoms with E-state index in [9.17, 15) is 21.6 Å². The van der Waals surface area contributed by atoms with Crippen LogP contribution in [0.2, 0.25) is 0 Å². The zero-order chi connectivity index (χ0) is 17.4. The molecule has 4 nitrogen and oxygen atoms in total. The van der Waals surface area contributed by atoms with Crippen LogP contribution in [0.4, 0.5) is 18.9 Å². The first kappa shape index (κ1) is 16.3. The number of benzene rings is 2. The van der Waals surface area contributed by atoms with Gasteiger partial charge in [0.05, 0.1) is 10.5 Å². The first-order chi connectivity index (χ1) is 11.3. The maximum Gasteiger partial charge on any atom is 0.416 e. The highest BCUT2D eigenvalue weighted by Gasteiger charge is 2.30. The summed E-state index contributed by atoms with van der Waals surface area (Å²) >= 11 is 0. The maximum absolute atomic E-state index is 12.6. The van der Waals surface area contributed by atoms with Gasteiger partial charge in [-0.2, -0.15) is 13.2 Å². The smallest absolute Gasteiger partial charge is 0.280 e. The Morgan fingerprint density at radius 2 is 1.67 bits per heavy atom. The summed E-state index contributed by atoms with van der Waals surface area (Å²) in [5.41, 5.74) is -0.796. The molecule has 0 bridgehead atoms. The van der Waals surface area contributed by atoms with E-state index in [1.165, 1.54) is 18.5 Å². The minimum absolute atomic E-state index is 0.0299. The molecule has 3 aromatic rings. The number of sulfonamides is 1. The van der Waals surface area contributed by atoms with E-state index in [0.29, 0.717) is 10.8 Å². The fourth-order valence-electron chi connectivity index (χ4n) is 2.26. The molecule has 0 radical (unpaired) electrons. The van der Waals surface area contributed by atoms with Gasteiger partial charge >= 0.3 is 6.18 Å². The van der Waals surface area contributed by atoms with Gasteiger partial charge in [0.2, 0.25) is 0 Å². The molecule has 1 heterocycles. The Bertz CT molecular complexity index is 979. The van der Waals surface area contributed by atoms with Crippen LogP contribution in [0, 0.1) is 0 Å². The van der Waals surface area contributed by atoms with Gasteiger partial charge in [0, 0.05) is 28.9 Å². The average Bonchev–Trinajstić information content (AvgIpc) is 2.53. The van der Waals surface area contributed by atoms with E-state index < -0.39 is 21.8 Å². The number of nitrogens with one attached hydrogen (secondary N) is 1. The fourth-order valence-corrected chi connectivity index (χ4v) is 3.55. The lowest BCUT2D eigenvalue weighted by atomic mass is 10.2. The van der Waals surface area contributed by atoms with Crippen molar-refractivity contribution >= 4 is 26.5 Å². The van der Waals surface area contributed by atoms with E-state index in [0.717, 1.165) is 24.3 Å². The largest absolute Gasteiger partial charge is 0.416 e. The van der Waals surface area contributed by atoms with Crippen LogP contribution in [-0.2, 0) is 16.2 Å². The van der Waals surface area contributed by atoms with Crippen molar-refractivity contribution < 1.29 is 21.6 Å². The summed E-state index contributed by atoms with van der Waals surface area (Å²) in [5, 5.41) is 1.12. The molecule has 3 rings (SSSR count). The van der Waals surface area contributed by atoms with Crippen LogP contribution in [0.15, 0.2) is 65.8 Å². The minimum Gasteiger partial charge on any atom is -0.280 e. The summed E-state index contributed by atoms with van der Waals surface area (Å²) in [6.45, 7) is 0. The Hall–Kier alpha value is -2.61. The van der Waals surface area contributed by atoms with Gasteiger partial charge in [-0.1, -0.05) is 12.1 Å². The molecule has 8 heteroatoms. The van der Waals surface area contributed by atoms with Crippen molar-refractivity contribution in [1.82, 2.24) is 4.98 Å². The van der Waals surface area contributed by atoms with E-state index in [1.54, 1.807) is 18.2 Å². The lowest BCUT2D eigenvalue weighted by Gasteiger charge is -2.11. The minimum atomic E-state index is -4.47. The summed E-state index contributed by atoms with van der Waals surface area (Å²) in [6.07, 6.45) is -1.47. The molecular formula is C16H11F3N2O2S. The molecule has 0 unspecified atom stereocenters. The van der Waals surface area contributed by atoms with E-state index >= 15 is 0 Å². The third-order valence-electron chi connectivity index (χ3n) is 3.39. The van der Waals surface area contributed by atoms with Crippen molar-refractivity contribution in [3.05, 3.63) is 66.5 Å². The zero-order valence-corrected chi connectivity index (χ0v) is 12.9. The molecule has 0 amide bonds. The van der Waals surface area contributed by atoms with Crippen LogP contribution in [0.1, 0.15) is 5.56 Å². The highest BCUT2D eigenvalue weighted by Crippen LogP contribution is 2.30. The molecule has 1 N–H and O–H groups in total. The number of fused-ring (bicyclic) bond motifs is 1. The first-order valence-electron chi connectivity index (χ1n) is 6.80. The lowest BCUT2D eigenvalue weighted by molar-refractivity contribution is -0.137. The maximum atomic E-state index is 12.6. The second-order valence-corrected chi connectivity index (χ2v) is 6.68. The molecule has 0 fully saturated rings. The van der Waals surface area contributed by atoms with E-state index in [2.05, 4.69) is 9.71 Å². The van der Waals surface area contributed by atoms with Gasteiger partial charge in [0.15, 0.2) is 0 Å². The Balaban J connectivity index is 1.96. The van der Waals surface area contributed by atoms with Crippen LogP contribution in [0.25, 0.3) is 10.8 Å². The molecule has 0 spiro atoms. The fraction of sp³-hybridized carbons (Fsp3) is 0.0625. The number of aromatic nitrogens is 1. The number of rotatable bonds is 3. The quantitative estimate of drug-likeness (QED) is 0.773. The highest BCUT2D eigenvalue weighted by molar-refractivity contribution is 7.93. The predicted octanol–water partition coefficient (Wildman–Crippen LogP) is 4.05. The summed E-state index contributed by atoms with van der Waals surface area (Å²) in [4.78, 5) is 3.96. The molecule has 0 aliphatic carbocycles. The highest BCUT2D eigenvalue weighted by atomic mass is 32.2. The Morgan fingerprint density at radius 3 is 2.33 bits per heavy atom. The van der Waals surface area contributed by atoms with Gasteiger partial charge in [-0.25, -0.2) is 8.42 Å². The van der Waals surface area contributed by atoms with Crippen molar-refractivity contribution in [1.29, 1.82) is 0 Å². The number of hydrogen-bond donors (Lipinski definition) is 1. The van der Waals surface area contributed by atoms with Gasteiger partial charge in [-0.3, -0.25) is 9.71 Å². The van der Waals surface area contributed by atoms with Crippen molar-refractivity contribution in [2.75, 3.05) is 4.72 Å². The summed E-state index contributed by atoms with van der Waals surface area (Å²) in [7, 11) is -3.95. The molecule has 1 aromatic heterocycles. The lowest BCUT2D eigenvalue weighted by Crippen LogP contribution is -2.13. The second kappa shape index (κ2) is 5.79. The van der Waals surface area contributed by atoms with Crippen LogP contribution in [0.5, 0.6) is 0 Å². The van der Waals surface area contributed by atoms with Gasteiger partial charge in [0.25, 0.3) is 10.0 Å². The number of hydrogen-bond acceptors (Lipinski definition) is 3. The van der Waals surface area contributed by atoms with Crippen molar-refractivity contribution in [2.24, 2.45) is 0 Å². The van der Waals surface area contributed by atoms with Crippen LogP contribution in [0.3, 0.4) is 0 Å². The van der Waals surface area contributed by atoms with Crippen molar-refractivity contribution in [2.45, 2.75) is 11.1 Å². The van der Waals surface area contributed by atoms with Crippen LogP contribution >= 0.6 is 0 Å². The summed E-state index contributed by atoms with van der Waals surface area (Å²) in [5.74, 6) is 0. The van der Waals surface area contributed by atoms with Gasteiger partial charge in [0.1, 0.15) is 0 Å². The molecule has 124 valence electrons. The van der Waals surface area contributed by atoms with Crippen molar-refractivity contribution in [3.63, 3.8) is 0 Å². The number of anilines is 1. The topological polar surface area (TPSA) is 59.1 Å². The predicted molar refractivity (Wildman–Crippen MR) is 84.0 cm³/mol. The van der Waals surface area contributed by atoms with Crippen LogP contribution in [-0.4, -0.2) is 13.4 Å². The van der Waals surface area contributed by atoms with Gasteiger partial charge < -0.3 is 0 Å². The second-order valence-electron chi connectivity index (χ2n) is 5.03. The number of alkyl halides is 3. The van der Waals surface area contributed by atoms with E-state index in [-0.39, 0.29) is 10.6 Å². The Labute approximate surface area is 136 Å². The molecule has 0 saturated carbocycles. The molecule has 24 heavy (non-hydrogen) atoms.